The summed E-state index contributed by atoms with van der Waals surface area (Å²) in [5, 5.41) is 5.78. The highest BCUT2D eigenvalue weighted by Gasteiger charge is 2.26. The second kappa shape index (κ2) is 8.02. The zero-order valence-electron chi connectivity index (χ0n) is 18.8. The summed E-state index contributed by atoms with van der Waals surface area (Å²) in [6.45, 7) is 10.8. The van der Waals surface area contributed by atoms with Crippen LogP contribution in [0.2, 0.25) is 0 Å². The van der Waals surface area contributed by atoms with Crippen LogP contribution in [-0.2, 0) is 0 Å². The Morgan fingerprint density at radius 1 is 0.938 bits per heavy atom. The van der Waals surface area contributed by atoms with Gasteiger partial charge in [-0.2, -0.15) is 5.10 Å². The molecule has 32 heavy (non-hydrogen) atoms. The molecule has 1 aliphatic rings. The molecule has 1 aliphatic heterocycles. The molecule has 1 saturated heterocycles. The number of benzene rings is 1. The molecule has 0 saturated carbocycles. The van der Waals surface area contributed by atoms with Crippen molar-refractivity contribution in [2.75, 3.05) is 31.1 Å². The second-order valence-corrected chi connectivity index (χ2v) is 9.37. The van der Waals surface area contributed by atoms with E-state index in [-0.39, 0.29) is 5.91 Å². The fraction of sp³-hybridized carbons (Fsp3) is 0.333. The van der Waals surface area contributed by atoms with Crippen molar-refractivity contribution in [1.29, 1.82) is 0 Å². The van der Waals surface area contributed by atoms with E-state index in [4.69, 9.17) is 5.10 Å². The Labute approximate surface area is 191 Å². The highest BCUT2D eigenvalue weighted by Crippen LogP contribution is 2.32. The molecule has 0 radical (unpaired) electrons. The number of fused-ring (bicyclic) bond motifs is 1. The number of amides is 1. The molecule has 3 aromatic heterocycles. The summed E-state index contributed by atoms with van der Waals surface area (Å²) in [4.78, 5) is 28.3. The maximum Gasteiger partial charge on any atom is 0.264 e. The SMILES string of the molecule is Cc1cc(C)nc(N2CCN(C(=O)c3cc4c(C)nn(-c5ccccc5C)c4s3)CC2)n1. The molecule has 1 fully saturated rings. The van der Waals surface area contributed by atoms with Crippen LogP contribution in [0.5, 0.6) is 0 Å². The lowest BCUT2D eigenvalue weighted by atomic mass is 10.2. The fourth-order valence-corrected chi connectivity index (χ4v) is 5.37. The minimum atomic E-state index is 0.0860. The quantitative estimate of drug-likeness (QED) is 0.475. The van der Waals surface area contributed by atoms with Crippen molar-refractivity contribution in [2.24, 2.45) is 0 Å². The molecule has 0 N–H and O–H groups in total. The van der Waals surface area contributed by atoms with Crippen LogP contribution >= 0.6 is 11.3 Å². The third-order valence-electron chi connectivity index (χ3n) is 5.92. The first-order valence-electron chi connectivity index (χ1n) is 10.8. The predicted octanol–water partition coefficient (Wildman–Crippen LogP) is 4.07. The molecular formula is C24H26N6OS. The first-order chi connectivity index (χ1) is 15.4. The monoisotopic (exact) mass is 446 g/mol. The van der Waals surface area contributed by atoms with E-state index >= 15 is 0 Å². The van der Waals surface area contributed by atoms with E-state index in [0.717, 1.165) is 62.5 Å². The number of carbonyl (C=O) groups is 1. The van der Waals surface area contributed by atoms with E-state index in [1.165, 1.54) is 11.3 Å². The molecule has 0 spiro atoms. The second-order valence-electron chi connectivity index (χ2n) is 8.34. The van der Waals surface area contributed by atoms with Crippen molar-refractivity contribution in [2.45, 2.75) is 27.7 Å². The summed E-state index contributed by atoms with van der Waals surface area (Å²) in [6, 6.07) is 12.2. The van der Waals surface area contributed by atoms with Crippen LogP contribution in [0.15, 0.2) is 36.4 Å². The summed E-state index contributed by atoms with van der Waals surface area (Å²) < 4.78 is 1.97. The minimum Gasteiger partial charge on any atom is -0.337 e. The van der Waals surface area contributed by atoms with E-state index in [1.807, 2.05) is 54.6 Å². The number of carbonyl (C=O) groups excluding carboxylic acids is 1. The standard InChI is InChI=1S/C24H26N6OS/c1-15-7-5-6-8-20(15)30-23-19(18(4)27-30)14-21(32-23)22(31)28-9-11-29(12-10-28)24-25-16(2)13-17(3)26-24/h5-8,13-14H,9-12H2,1-4H3. The number of thiophene rings is 1. The van der Waals surface area contributed by atoms with Gasteiger partial charge in [0.15, 0.2) is 0 Å². The van der Waals surface area contributed by atoms with Crippen molar-refractivity contribution in [1.82, 2.24) is 24.6 Å². The van der Waals surface area contributed by atoms with Crippen molar-refractivity contribution < 1.29 is 4.79 Å². The normalized spacial score (nSPS) is 14.4. The lowest BCUT2D eigenvalue weighted by Crippen LogP contribution is -2.49. The van der Waals surface area contributed by atoms with Gasteiger partial charge < -0.3 is 9.80 Å². The number of nitrogens with zero attached hydrogens (tertiary/aromatic N) is 6. The number of rotatable bonds is 3. The molecule has 0 aliphatic carbocycles. The average molecular weight is 447 g/mol. The Morgan fingerprint density at radius 3 is 2.31 bits per heavy atom. The van der Waals surface area contributed by atoms with Crippen molar-refractivity contribution in [3.8, 4) is 5.69 Å². The van der Waals surface area contributed by atoms with E-state index in [9.17, 15) is 4.79 Å². The summed E-state index contributed by atoms with van der Waals surface area (Å²) in [7, 11) is 0. The van der Waals surface area contributed by atoms with E-state index < -0.39 is 0 Å². The molecule has 7 nitrogen and oxygen atoms in total. The van der Waals surface area contributed by atoms with Crippen LogP contribution in [0.25, 0.3) is 15.9 Å². The zero-order valence-corrected chi connectivity index (χ0v) is 19.6. The van der Waals surface area contributed by atoms with Gasteiger partial charge in [-0.05, 0) is 51.5 Å². The summed E-state index contributed by atoms with van der Waals surface area (Å²) in [6.07, 6.45) is 0. The highest BCUT2D eigenvalue weighted by molar-refractivity contribution is 7.20. The number of hydrogen-bond donors (Lipinski definition) is 0. The number of para-hydroxylation sites is 1. The van der Waals surface area contributed by atoms with Crippen LogP contribution in [-0.4, -0.2) is 56.7 Å². The molecule has 4 aromatic rings. The van der Waals surface area contributed by atoms with Gasteiger partial charge in [0.25, 0.3) is 5.91 Å². The lowest BCUT2D eigenvalue weighted by Gasteiger charge is -2.34. The summed E-state index contributed by atoms with van der Waals surface area (Å²) >= 11 is 1.52. The average Bonchev–Trinajstić information content (AvgIpc) is 3.34. The number of hydrogen-bond acceptors (Lipinski definition) is 6. The summed E-state index contributed by atoms with van der Waals surface area (Å²) in [5.41, 5.74) is 5.08. The van der Waals surface area contributed by atoms with Crippen molar-refractivity contribution >= 4 is 33.4 Å². The van der Waals surface area contributed by atoms with Crippen LogP contribution in [0.3, 0.4) is 0 Å². The first kappa shape index (κ1) is 20.6. The molecule has 0 unspecified atom stereocenters. The van der Waals surface area contributed by atoms with E-state index in [0.29, 0.717) is 13.1 Å². The molecule has 8 heteroatoms. The van der Waals surface area contributed by atoms with Crippen LogP contribution in [0.4, 0.5) is 5.95 Å². The maximum atomic E-state index is 13.3. The summed E-state index contributed by atoms with van der Waals surface area (Å²) in [5.74, 6) is 0.841. The van der Waals surface area contributed by atoms with Crippen molar-refractivity contribution in [3.63, 3.8) is 0 Å². The Bertz CT molecular complexity index is 1300. The van der Waals surface area contributed by atoms with Gasteiger partial charge >= 0.3 is 0 Å². The van der Waals surface area contributed by atoms with Gasteiger partial charge in [-0.3, -0.25) is 4.79 Å². The Morgan fingerprint density at radius 2 is 1.62 bits per heavy atom. The molecule has 1 aromatic carbocycles. The zero-order chi connectivity index (χ0) is 22.4. The number of aromatic nitrogens is 4. The van der Waals surface area contributed by atoms with Gasteiger partial charge in [-0.15, -0.1) is 11.3 Å². The van der Waals surface area contributed by atoms with Gasteiger partial charge in [-0.1, -0.05) is 18.2 Å². The smallest absolute Gasteiger partial charge is 0.264 e. The number of anilines is 1. The Balaban J connectivity index is 1.37. The molecular weight excluding hydrogens is 420 g/mol. The topological polar surface area (TPSA) is 67.2 Å². The Hall–Kier alpha value is -3.26. The van der Waals surface area contributed by atoms with Gasteiger partial charge in [-0.25, -0.2) is 14.6 Å². The number of aryl methyl sites for hydroxylation is 4. The third kappa shape index (κ3) is 3.64. The predicted molar refractivity (Wildman–Crippen MR) is 128 cm³/mol. The van der Waals surface area contributed by atoms with Gasteiger partial charge in [0.05, 0.1) is 16.3 Å². The molecule has 5 rings (SSSR count). The van der Waals surface area contributed by atoms with Gasteiger partial charge in [0, 0.05) is 43.0 Å². The largest absolute Gasteiger partial charge is 0.337 e. The molecule has 1 amide bonds. The third-order valence-corrected chi connectivity index (χ3v) is 7.02. The van der Waals surface area contributed by atoms with Gasteiger partial charge in [0.2, 0.25) is 5.95 Å². The van der Waals surface area contributed by atoms with E-state index in [2.05, 4.69) is 33.9 Å². The van der Waals surface area contributed by atoms with Crippen LogP contribution in [0, 0.1) is 27.7 Å². The van der Waals surface area contributed by atoms with Crippen LogP contribution < -0.4 is 4.90 Å². The molecule has 0 bridgehead atoms. The molecule has 4 heterocycles. The van der Waals surface area contributed by atoms with Crippen LogP contribution in [0.1, 0.15) is 32.3 Å². The first-order valence-corrected chi connectivity index (χ1v) is 11.6. The highest BCUT2D eigenvalue weighted by atomic mass is 32.1. The molecule has 0 atom stereocenters. The lowest BCUT2D eigenvalue weighted by molar-refractivity contribution is 0.0751. The van der Waals surface area contributed by atoms with Gasteiger partial charge in [0.1, 0.15) is 4.83 Å². The molecule has 164 valence electrons. The fourth-order valence-electron chi connectivity index (χ4n) is 4.23. The Kier molecular flexibility index (Phi) is 5.17. The van der Waals surface area contributed by atoms with E-state index in [1.54, 1.807) is 0 Å². The van der Waals surface area contributed by atoms with Crippen molar-refractivity contribution in [3.05, 3.63) is 63.9 Å². The number of piperazine rings is 1. The minimum absolute atomic E-state index is 0.0860. The maximum absolute atomic E-state index is 13.3.